The number of hydrogen-bond acceptors (Lipinski definition) is 5. The number of halogens is 1. The first-order valence-electron chi connectivity index (χ1n) is 14.0. The molecule has 0 fully saturated rings. The molecular formula is C33H43FN2O4. The number of rotatable bonds is 8. The van der Waals surface area contributed by atoms with Crippen LogP contribution in [0.3, 0.4) is 0 Å². The Labute approximate surface area is 238 Å². The zero-order valence-corrected chi connectivity index (χ0v) is 25.0. The monoisotopic (exact) mass is 550 g/mol. The van der Waals surface area contributed by atoms with E-state index in [4.69, 9.17) is 9.47 Å². The van der Waals surface area contributed by atoms with Crippen LogP contribution in [0.5, 0.6) is 11.6 Å². The van der Waals surface area contributed by atoms with Gasteiger partial charge in [0.25, 0.3) is 0 Å². The van der Waals surface area contributed by atoms with Crippen LogP contribution in [0.4, 0.5) is 4.39 Å². The van der Waals surface area contributed by atoms with Crippen molar-refractivity contribution in [1.29, 1.82) is 0 Å². The van der Waals surface area contributed by atoms with Crippen LogP contribution in [0.25, 0.3) is 11.1 Å². The minimum Gasteiger partial charge on any atom is -0.485 e. The average molecular weight is 551 g/mol. The summed E-state index contributed by atoms with van der Waals surface area (Å²) in [4.78, 5) is 17.6. The van der Waals surface area contributed by atoms with Gasteiger partial charge in [0.2, 0.25) is 5.88 Å². The number of benzene rings is 2. The molecule has 7 heteroatoms. The number of aryl methyl sites for hydroxylation is 1. The highest BCUT2D eigenvalue weighted by Gasteiger charge is 2.25. The molecule has 6 nitrogen and oxygen atoms in total. The molecule has 0 amide bonds. The summed E-state index contributed by atoms with van der Waals surface area (Å²) in [7, 11) is 3.58. The van der Waals surface area contributed by atoms with Crippen LogP contribution in [0, 0.1) is 11.7 Å². The number of ether oxygens (including phenoxy) is 2. The highest BCUT2D eigenvalue weighted by molar-refractivity contribution is 5.70. The number of carboxylic acids is 1. The van der Waals surface area contributed by atoms with Crippen LogP contribution in [0.2, 0.25) is 0 Å². The number of aliphatic carboxylic acids is 1. The lowest BCUT2D eigenvalue weighted by Crippen LogP contribution is -2.37. The first-order chi connectivity index (χ1) is 19.0. The molecule has 1 aliphatic heterocycles. The van der Waals surface area contributed by atoms with Crippen molar-refractivity contribution in [1.82, 2.24) is 9.88 Å². The Balaban J connectivity index is 0.00000216. The normalized spacial score (nSPS) is 15.4. The van der Waals surface area contributed by atoms with Gasteiger partial charge in [-0.25, -0.2) is 9.37 Å². The molecule has 0 aliphatic carbocycles. The molecule has 3 aromatic rings. The fraction of sp³-hybridized carbons (Fsp3) is 0.455. The lowest BCUT2D eigenvalue weighted by molar-refractivity contribution is -0.141. The molecule has 1 aliphatic rings. The number of hydrogen-bond donors (Lipinski definition) is 1. The van der Waals surface area contributed by atoms with Gasteiger partial charge in [0.05, 0.1) is 19.2 Å². The van der Waals surface area contributed by atoms with Gasteiger partial charge in [0.1, 0.15) is 17.7 Å². The van der Waals surface area contributed by atoms with Crippen LogP contribution in [0.15, 0.2) is 48.7 Å². The molecule has 40 heavy (non-hydrogen) atoms. The lowest BCUT2D eigenvalue weighted by Gasteiger charge is -2.33. The summed E-state index contributed by atoms with van der Waals surface area (Å²) in [6.45, 7) is 12.8. The fourth-order valence-corrected chi connectivity index (χ4v) is 4.65. The third-order valence-corrected chi connectivity index (χ3v) is 7.42. The number of nitrogens with zero attached hydrogens (tertiary/aromatic N) is 2. The molecule has 2 atom stereocenters. The SMILES string of the molecule is CC.COc1cc(-c2ccc(C3CCc4ccc(CC(C)C(=O)O)cc4O3)cc2CN(C)C(C)(C)C)c(F)cn1. The second-order valence-electron chi connectivity index (χ2n) is 11.2. The molecule has 2 unspecified atom stereocenters. The standard InChI is InChI=1S/C31H37FN2O4.C2H6/c1-19(30(35)36)13-20-7-8-21-10-12-27(38-28(21)14-20)22-9-11-24(23(15-22)18-34(5)31(2,3)4)25-16-29(37-6)33-17-26(25)32;1-2/h7-9,11,14-17,19,27H,10,12-13,18H2,1-6H3,(H,35,36);1-2H3. The van der Waals surface area contributed by atoms with Gasteiger partial charge in [-0.15, -0.1) is 0 Å². The molecule has 1 N–H and O–H groups in total. The molecule has 4 rings (SSSR count). The summed E-state index contributed by atoms with van der Waals surface area (Å²) >= 11 is 0. The zero-order valence-electron chi connectivity index (χ0n) is 25.0. The highest BCUT2D eigenvalue weighted by Crippen LogP contribution is 2.38. The van der Waals surface area contributed by atoms with Crippen LogP contribution < -0.4 is 9.47 Å². The maximum atomic E-state index is 14.9. The quantitative estimate of drug-likeness (QED) is 0.313. The molecule has 0 saturated heterocycles. The van der Waals surface area contributed by atoms with E-state index in [1.807, 2.05) is 44.2 Å². The molecule has 0 bridgehead atoms. The van der Waals surface area contributed by atoms with E-state index in [9.17, 15) is 14.3 Å². The summed E-state index contributed by atoms with van der Waals surface area (Å²) in [5.74, 6) is -0.504. The Bertz CT molecular complexity index is 1320. The van der Waals surface area contributed by atoms with E-state index in [2.05, 4.69) is 43.8 Å². The summed E-state index contributed by atoms with van der Waals surface area (Å²) in [6, 6.07) is 13.7. The maximum Gasteiger partial charge on any atom is 0.306 e. The lowest BCUT2D eigenvalue weighted by atomic mass is 9.91. The van der Waals surface area contributed by atoms with Crippen LogP contribution in [-0.2, 0) is 24.2 Å². The van der Waals surface area contributed by atoms with Crippen molar-refractivity contribution in [2.45, 2.75) is 79.0 Å². The van der Waals surface area contributed by atoms with Crippen molar-refractivity contribution in [2.75, 3.05) is 14.2 Å². The van der Waals surface area contributed by atoms with E-state index in [0.29, 0.717) is 24.4 Å². The third-order valence-electron chi connectivity index (χ3n) is 7.42. The van der Waals surface area contributed by atoms with Crippen molar-refractivity contribution in [3.8, 4) is 22.8 Å². The Morgan fingerprint density at radius 3 is 2.55 bits per heavy atom. The fourth-order valence-electron chi connectivity index (χ4n) is 4.65. The number of aromatic nitrogens is 1. The van der Waals surface area contributed by atoms with Gasteiger partial charge in [-0.1, -0.05) is 51.1 Å². The molecule has 2 aromatic carbocycles. The second-order valence-corrected chi connectivity index (χ2v) is 11.2. The van der Waals surface area contributed by atoms with Crippen molar-refractivity contribution >= 4 is 5.97 Å². The number of carboxylic acid groups (broad SMARTS) is 1. The Hall–Kier alpha value is -3.45. The Kier molecular flexibility index (Phi) is 10.3. The largest absolute Gasteiger partial charge is 0.485 e. The van der Waals surface area contributed by atoms with E-state index >= 15 is 0 Å². The van der Waals surface area contributed by atoms with Crippen LogP contribution in [-0.4, -0.2) is 40.7 Å². The van der Waals surface area contributed by atoms with Gasteiger partial charge in [-0.2, -0.15) is 0 Å². The first-order valence-corrected chi connectivity index (χ1v) is 14.0. The smallest absolute Gasteiger partial charge is 0.306 e. The minimum absolute atomic E-state index is 0.0779. The van der Waals surface area contributed by atoms with E-state index in [-0.39, 0.29) is 11.6 Å². The van der Waals surface area contributed by atoms with Crippen LogP contribution >= 0.6 is 0 Å². The second kappa shape index (κ2) is 13.3. The van der Waals surface area contributed by atoms with Crippen molar-refractivity contribution < 1.29 is 23.8 Å². The molecule has 1 aromatic heterocycles. The van der Waals surface area contributed by atoms with Gasteiger partial charge < -0.3 is 14.6 Å². The van der Waals surface area contributed by atoms with Crippen LogP contribution in [0.1, 0.15) is 76.3 Å². The Morgan fingerprint density at radius 1 is 1.18 bits per heavy atom. The van der Waals surface area contributed by atoms with E-state index in [1.54, 1.807) is 13.0 Å². The predicted octanol–water partition coefficient (Wildman–Crippen LogP) is 7.48. The molecular weight excluding hydrogens is 507 g/mol. The maximum absolute atomic E-state index is 14.9. The van der Waals surface area contributed by atoms with Gasteiger partial charge >= 0.3 is 5.97 Å². The molecule has 0 radical (unpaired) electrons. The number of pyridine rings is 1. The van der Waals surface area contributed by atoms with Crippen molar-refractivity contribution in [2.24, 2.45) is 5.92 Å². The summed E-state index contributed by atoms with van der Waals surface area (Å²) in [6.07, 6.45) is 3.19. The van der Waals surface area contributed by atoms with Crippen molar-refractivity contribution in [3.63, 3.8) is 0 Å². The summed E-state index contributed by atoms with van der Waals surface area (Å²) < 4.78 is 26.7. The van der Waals surface area contributed by atoms with Gasteiger partial charge in [-0.05, 0) is 81.0 Å². The number of carbonyl (C=O) groups is 1. The Morgan fingerprint density at radius 2 is 1.90 bits per heavy atom. The topological polar surface area (TPSA) is 71.9 Å². The number of fused-ring (bicyclic) bond motifs is 1. The molecule has 216 valence electrons. The number of methoxy groups -OCH3 is 1. The first kappa shape index (κ1) is 31.1. The van der Waals surface area contributed by atoms with Gasteiger partial charge in [0, 0.05) is 23.7 Å². The third kappa shape index (κ3) is 7.39. The van der Waals surface area contributed by atoms with E-state index < -0.39 is 17.7 Å². The predicted molar refractivity (Wildman–Crippen MR) is 157 cm³/mol. The molecule has 2 heterocycles. The van der Waals surface area contributed by atoms with Gasteiger partial charge in [0.15, 0.2) is 0 Å². The van der Waals surface area contributed by atoms with Crippen molar-refractivity contribution in [3.05, 3.63) is 76.7 Å². The summed E-state index contributed by atoms with van der Waals surface area (Å²) in [5.41, 5.74) is 5.27. The molecule has 0 spiro atoms. The highest BCUT2D eigenvalue weighted by atomic mass is 19.1. The van der Waals surface area contributed by atoms with E-state index in [0.717, 1.165) is 46.4 Å². The van der Waals surface area contributed by atoms with Gasteiger partial charge in [-0.3, -0.25) is 9.69 Å². The molecule has 0 saturated carbocycles. The zero-order chi connectivity index (χ0) is 29.6. The minimum atomic E-state index is -0.808. The van der Waals surface area contributed by atoms with E-state index in [1.165, 1.54) is 13.3 Å². The average Bonchev–Trinajstić information content (AvgIpc) is 2.93. The summed E-state index contributed by atoms with van der Waals surface area (Å²) in [5, 5.41) is 9.29.